The molecule has 0 amide bonds. The van der Waals surface area contributed by atoms with Crippen molar-refractivity contribution in [3.8, 4) is 0 Å². The molecule has 0 aromatic heterocycles. The zero-order valence-corrected chi connectivity index (χ0v) is 13.8. The molecule has 0 aliphatic carbocycles. The van der Waals surface area contributed by atoms with E-state index in [0.717, 1.165) is 17.6 Å². The van der Waals surface area contributed by atoms with Crippen molar-refractivity contribution in [2.24, 2.45) is 5.73 Å². The van der Waals surface area contributed by atoms with E-state index < -0.39 is 0 Å². The van der Waals surface area contributed by atoms with E-state index in [2.05, 4.69) is 64.8 Å². The third-order valence-electron chi connectivity index (χ3n) is 4.20. The number of hydrogen-bond acceptors (Lipinski definition) is 3. The maximum absolute atomic E-state index is 5.93. The maximum Gasteiger partial charge on any atom is 0.0511 e. The largest absolute Gasteiger partial charge is 0.368 e. The summed E-state index contributed by atoms with van der Waals surface area (Å²) in [5, 5.41) is 0. The first-order valence-electron chi connectivity index (χ1n) is 6.92. The molecule has 1 fully saturated rings. The van der Waals surface area contributed by atoms with Crippen molar-refractivity contribution < 1.29 is 0 Å². The molecule has 0 radical (unpaired) electrons. The molecule has 1 aromatic rings. The summed E-state index contributed by atoms with van der Waals surface area (Å²) in [5.74, 6) is 0. The highest BCUT2D eigenvalue weighted by atomic mass is 79.9. The minimum atomic E-state index is 0.0793. The summed E-state index contributed by atoms with van der Waals surface area (Å²) in [6.07, 6.45) is 0. The van der Waals surface area contributed by atoms with Crippen LogP contribution >= 0.6 is 15.9 Å². The maximum atomic E-state index is 5.93. The zero-order chi connectivity index (χ0) is 14.2. The van der Waals surface area contributed by atoms with Gasteiger partial charge in [0.25, 0.3) is 0 Å². The van der Waals surface area contributed by atoms with Crippen LogP contribution in [0.3, 0.4) is 0 Å². The zero-order valence-electron chi connectivity index (χ0n) is 12.2. The van der Waals surface area contributed by atoms with Crippen molar-refractivity contribution in [1.29, 1.82) is 0 Å². The quantitative estimate of drug-likeness (QED) is 0.907. The second-order valence-electron chi connectivity index (χ2n) is 5.77. The van der Waals surface area contributed by atoms with Gasteiger partial charge in [-0.2, -0.15) is 0 Å². The monoisotopic (exact) mass is 325 g/mol. The molecule has 1 aliphatic heterocycles. The summed E-state index contributed by atoms with van der Waals surface area (Å²) >= 11 is 3.70. The van der Waals surface area contributed by atoms with Crippen LogP contribution in [0.25, 0.3) is 0 Å². The van der Waals surface area contributed by atoms with Gasteiger partial charge in [-0.05, 0) is 61.4 Å². The van der Waals surface area contributed by atoms with E-state index in [4.69, 9.17) is 5.73 Å². The Bertz CT molecular complexity index is 435. The van der Waals surface area contributed by atoms with Crippen LogP contribution in [0.2, 0.25) is 0 Å². The Morgan fingerprint density at radius 3 is 2.32 bits per heavy atom. The van der Waals surface area contributed by atoms with Crippen LogP contribution in [-0.4, -0.2) is 37.1 Å². The lowest BCUT2D eigenvalue weighted by molar-refractivity contribution is 0.170. The average molecular weight is 326 g/mol. The van der Waals surface area contributed by atoms with Gasteiger partial charge in [-0.3, -0.25) is 4.90 Å². The summed E-state index contributed by atoms with van der Waals surface area (Å²) < 4.78 is 1.14. The van der Waals surface area contributed by atoms with Gasteiger partial charge in [0.1, 0.15) is 0 Å². The second kappa shape index (κ2) is 5.81. The van der Waals surface area contributed by atoms with Crippen molar-refractivity contribution in [2.75, 3.05) is 25.0 Å². The first-order chi connectivity index (χ1) is 8.90. The molecule has 1 saturated heterocycles. The lowest BCUT2D eigenvalue weighted by Gasteiger charge is -2.43. The molecule has 4 heteroatoms. The van der Waals surface area contributed by atoms with E-state index in [0.29, 0.717) is 12.1 Å². The smallest absolute Gasteiger partial charge is 0.0511 e. The molecular weight excluding hydrogens is 302 g/mol. The van der Waals surface area contributed by atoms with Crippen LogP contribution in [0.4, 0.5) is 5.69 Å². The third-order valence-corrected chi connectivity index (χ3v) is 4.83. The molecule has 0 bridgehead atoms. The molecule has 2 N–H and O–H groups in total. The van der Waals surface area contributed by atoms with Gasteiger partial charge in [0.2, 0.25) is 0 Å². The highest BCUT2D eigenvalue weighted by Crippen LogP contribution is 2.31. The van der Waals surface area contributed by atoms with Crippen LogP contribution in [0.1, 0.15) is 32.4 Å². The number of piperazine rings is 1. The number of rotatable bonds is 2. The molecule has 3 nitrogen and oxygen atoms in total. The summed E-state index contributed by atoms with van der Waals surface area (Å²) in [6.45, 7) is 8.72. The minimum absolute atomic E-state index is 0.0793. The van der Waals surface area contributed by atoms with Crippen molar-refractivity contribution in [3.63, 3.8) is 0 Å². The first-order valence-corrected chi connectivity index (χ1v) is 7.71. The van der Waals surface area contributed by atoms with Gasteiger partial charge in [-0.25, -0.2) is 0 Å². The summed E-state index contributed by atoms with van der Waals surface area (Å²) in [7, 11) is 2.21. The Labute approximate surface area is 124 Å². The van der Waals surface area contributed by atoms with Gasteiger partial charge in [-0.1, -0.05) is 6.07 Å². The van der Waals surface area contributed by atoms with Crippen molar-refractivity contribution in [3.05, 3.63) is 28.2 Å². The molecule has 106 valence electrons. The topological polar surface area (TPSA) is 32.5 Å². The number of benzene rings is 1. The molecule has 0 saturated carbocycles. The Hall–Kier alpha value is -0.580. The fourth-order valence-corrected chi connectivity index (χ4v) is 3.31. The fourth-order valence-electron chi connectivity index (χ4n) is 2.66. The van der Waals surface area contributed by atoms with Crippen LogP contribution in [0.5, 0.6) is 0 Å². The molecule has 1 aromatic carbocycles. The van der Waals surface area contributed by atoms with E-state index in [1.165, 1.54) is 11.3 Å². The van der Waals surface area contributed by atoms with Gasteiger partial charge < -0.3 is 10.6 Å². The van der Waals surface area contributed by atoms with Crippen LogP contribution < -0.4 is 10.6 Å². The molecule has 0 spiro atoms. The SMILES string of the molecule is CC1CN(c2ccc([C@@H](C)N)cc2Br)CC(C)N1C. The predicted octanol–water partition coefficient (Wildman–Crippen LogP) is 3.00. The Kier molecular flexibility index (Phi) is 4.54. The lowest BCUT2D eigenvalue weighted by atomic mass is 10.1. The summed E-state index contributed by atoms with van der Waals surface area (Å²) in [4.78, 5) is 4.91. The van der Waals surface area contributed by atoms with E-state index in [1.54, 1.807) is 0 Å². The highest BCUT2D eigenvalue weighted by Gasteiger charge is 2.27. The van der Waals surface area contributed by atoms with Crippen molar-refractivity contribution in [1.82, 2.24) is 4.90 Å². The van der Waals surface area contributed by atoms with Crippen LogP contribution in [0, 0.1) is 0 Å². The van der Waals surface area contributed by atoms with Gasteiger partial charge in [0, 0.05) is 35.7 Å². The Morgan fingerprint density at radius 1 is 1.26 bits per heavy atom. The number of likely N-dealkylation sites (N-methyl/N-ethyl adjacent to an activating group) is 1. The molecule has 1 heterocycles. The third kappa shape index (κ3) is 3.12. The molecule has 2 rings (SSSR count). The minimum Gasteiger partial charge on any atom is -0.368 e. The van der Waals surface area contributed by atoms with Gasteiger partial charge in [0.15, 0.2) is 0 Å². The summed E-state index contributed by atoms with van der Waals surface area (Å²) in [5.41, 5.74) is 8.38. The predicted molar refractivity (Wildman–Crippen MR) is 85.6 cm³/mol. The summed E-state index contributed by atoms with van der Waals surface area (Å²) in [6, 6.07) is 7.70. The normalized spacial score (nSPS) is 26.5. The average Bonchev–Trinajstić information content (AvgIpc) is 2.35. The van der Waals surface area contributed by atoms with E-state index >= 15 is 0 Å². The van der Waals surface area contributed by atoms with Crippen LogP contribution in [0.15, 0.2) is 22.7 Å². The molecule has 2 unspecified atom stereocenters. The fraction of sp³-hybridized carbons (Fsp3) is 0.600. The Morgan fingerprint density at radius 2 is 1.84 bits per heavy atom. The number of hydrogen-bond donors (Lipinski definition) is 1. The molecular formula is C15H24BrN3. The molecule has 19 heavy (non-hydrogen) atoms. The van der Waals surface area contributed by atoms with Gasteiger partial charge >= 0.3 is 0 Å². The Balaban J connectivity index is 2.23. The van der Waals surface area contributed by atoms with E-state index in [-0.39, 0.29) is 6.04 Å². The van der Waals surface area contributed by atoms with Crippen molar-refractivity contribution >= 4 is 21.6 Å². The number of anilines is 1. The standard InChI is InChI=1S/C15H24BrN3/c1-10-8-19(9-11(2)18(10)4)15-6-5-13(12(3)17)7-14(15)16/h5-7,10-12H,8-9,17H2,1-4H3/t10?,11?,12-/m1/s1. The molecule has 1 aliphatic rings. The van der Waals surface area contributed by atoms with E-state index in [1.807, 2.05) is 6.92 Å². The number of halogens is 1. The highest BCUT2D eigenvalue weighted by molar-refractivity contribution is 9.10. The van der Waals surface area contributed by atoms with Crippen molar-refractivity contribution in [2.45, 2.75) is 38.9 Å². The molecule has 3 atom stereocenters. The first kappa shape index (κ1) is 14.8. The second-order valence-corrected chi connectivity index (χ2v) is 6.62. The lowest BCUT2D eigenvalue weighted by Crippen LogP contribution is -2.55. The van der Waals surface area contributed by atoms with E-state index in [9.17, 15) is 0 Å². The number of nitrogens with two attached hydrogens (primary N) is 1. The number of nitrogens with zero attached hydrogens (tertiary/aromatic N) is 2. The van der Waals surface area contributed by atoms with Gasteiger partial charge in [-0.15, -0.1) is 0 Å². The van der Waals surface area contributed by atoms with Gasteiger partial charge in [0.05, 0.1) is 5.69 Å². The van der Waals surface area contributed by atoms with Crippen LogP contribution in [-0.2, 0) is 0 Å².